The Labute approximate surface area is 171 Å². The highest BCUT2D eigenvalue weighted by molar-refractivity contribution is 5.88. The van der Waals surface area contributed by atoms with E-state index in [4.69, 9.17) is 10.00 Å². The number of hydrazone groups is 1. The molecule has 7 nitrogen and oxygen atoms in total. The van der Waals surface area contributed by atoms with E-state index in [1.807, 2.05) is 6.07 Å². The minimum absolute atomic E-state index is 0.0743. The van der Waals surface area contributed by atoms with Gasteiger partial charge in [-0.15, -0.1) is 0 Å². The van der Waals surface area contributed by atoms with Gasteiger partial charge in [0.1, 0.15) is 17.7 Å². The summed E-state index contributed by atoms with van der Waals surface area (Å²) in [5.41, 5.74) is 0.0689. The lowest BCUT2D eigenvalue weighted by molar-refractivity contribution is -0.227. The molecule has 2 bridgehead atoms. The molecule has 30 heavy (non-hydrogen) atoms. The summed E-state index contributed by atoms with van der Waals surface area (Å²) < 4.78 is 32.9. The molecular weight excluding hydrogens is 392 g/mol. The first-order valence-electron chi connectivity index (χ1n) is 9.59. The van der Waals surface area contributed by atoms with Crippen LogP contribution in [0.4, 0.5) is 8.78 Å². The third kappa shape index (κ3) is 2.91. The van der Waals surface area contributed by atoms with Crippen LogP contribution >= 0.6 is 0 Å². The number of halogens is 2. The van der Waals surface area contributed by atoms with Gasteiger partial charge in [0.05, 0.1) is 30.5 Å². The van der Waals surface area contributed by atoms with E-state index in [1.165, 1.54) is 29.5 Å². The van der Waals surface area contributed by atoms with Crippen LogP contribution in [0, 0.1) is 33.8 Å². The van der Waals surface area contributed by atoms with E-state index in [-0.39, 0.29) is 17.0 Å². The average Bonchev–Trinajstić information content (AvgIpc) is 3.15. The second-order valence-electron chi connectivity index (χ2n) is 8.35. The van der Waals surface area contributed by atoms with Gasteiger partial charge in [0.2, 0.25) is 11.8 Å². The molecule has 4 aliphatic rings. The smallest absolute Gasteiger partial charge is 0.249 e. The Balaban J connectivity index is 1.22. The quantitative estimate of drug-likeness (QED) is 0.757. The lowest BCUT2D eigenvalue weighted by Crippen LogP contribution is -2.69. The first-order chi connectivity index (χ1) is 14.4. The maximum atomic E-state index is 13.6. The highest BCUT2D eigenvalue weighted by Crippen LogP contribution is 2.74. The number of nitrogens with zero attached hydrogens (tertiary/aromatic N) is 5. The molecule has 3 aliphatic carbocycles. The van der Waals surface area contributed by atoms with Crippen LogP contribution in [0.25, 0.3) is 0 Å². The van der Waals surface area contributed by atoms with E-state index in [1.54, 1.807) is 6.21 Å². The third-order valence-electron chi connectivity index (χ3n) is 6.17. The highest BCUT2D eigenvalue weighted by Gasteiger charge is 2.73. The number of rotatable bonds is 5. The number of amides is 1. The summed E-state index contributed by atoms with van der Waals surface area (Å²) in [7, 11) is 0. The molecule has 9 heteroatoms. The number of carbonyl (C=O) groups excluding carboxylic acids is 1. The van der Waals surface area contributed by atoms with Crippen LogP contribution in [0.15, 0.2) is 35.7 Å². The van der Waals surface area contributed by atoms with Gasteiger partial charge in [-0.1, -0.05) is 0 Å². The SMILES string of the molecule is N#Cc1cnc(OCC23CC(C(=O)N4N=CCC4c4cc(F)cc(F)c4)(C2)C3)cn1. The van der Waals surface area contributed by atoms with Crippen LogP contribution in [-0.4, -0.2) is 33.7 Å². The summed E-state index contributed by atoms with van der Waals surface area (Å²) in [6, 6.07) is 4.72. The molecule has 1 aliphatic heterocycles. The number of benzene rings is 1. The van der Waals surface area contributed by atoms with E-state index in [9.17, 15) is 13.6 Å². The molecule has 1 aromatic carbocycles. The fourth-order valence-electron chi connectivity index (χ4n) is 4.95. The third-order valence-corrected chi connectivity index (χ3v) is 6.17. The fourth-order valence-corrected chi connectivity index (χ4v) is 4.95. The van der Waals surface area contributed by atoms with E-state index in [2.05, 4.69) is 15.1 Å². The highest BCUT2D eigenvalue weighted by atomic mass is 19.1. The van der Waals surface area contributed by atoms with Gasteiger partial charge in [-0.05, 0) is 37.0 Å². The molecule has 2 heterocycles. The van der Waals surface area contributed by atoms with E-state index < -0.39 is 23.1 Å². The first-order valence-corrected chi connectivity index (χ1v) is 9.59. The maximum Gasteiger partial charge on any atom is 0.249 e. The van der Waals surface area contributed by atoms with Crippen LogP contribution < -0.4 is 4.74 Å². The number of hydrogen-bond acceptors (Lipinski definition) is 6. The Morgan fingerprint density at radius 2 is 1.93 bits per heavy atom. The monoisotopic (exact) mass is 409 g/mol. The van der Waals surface area contributed by atoms with Crippen molar-refractivity contribution in [2.75, 3.05) is 6.61 Å². The molecule has 1 unspecified atom stereocenters. The number of nitriles is 1. The summed E-state index contributed by atoms with van der Waals surface area (Å²) in [5.74, 6) is -1.10. The molecule has 1 amide bonds. The summed E-state index contributed by atoms with van der Waals surface area (Å²) in [6.07, 6.45) is 6.84. The lowest BCUT2D eigenvalue weighted by atomic mass is 9.35. The molecular formula is C21H17F2N5O2. The minimum atomic E-state index is -0.670. The Bertz CT molecular complexity index is 1060. The second kappa shape index (κ2) is 6.55. The van der Waals surface area contributed by atoms with E-state index >= 15 is 0 Å². The molecule has 3 fully saturated rings. The topological polar surface area (TPSA) is 91.5 Å². The van der Waals surface area contributed by atoms with Crippen LogP contribution in [0.1, 0.15) is 43.0 Å². The molecule has 0 saturated heterocycles. The number of hydrogen-bond donors (Lipinski definition) is 0. The maximum absolute atomic E-state index is 13.6. The summed E-state index contributed by atoms with van der Waals surface area (Å²) >= 11 is 0. The van der Waals surface area contributed by atoms with E-state index in [0.29, 0.717) is 43.7 Å². The Kier molecular flexibility index (Phi) is 4.07. The number of ether oxygens (including phenoxy) is 1. The molecule has 0 radical (unpaired) electrons. The van der Waals surface area contributed by atoms with E-state index in [0.717, 1.165) is 6.07 Å². The van der Waals surface area contributed by atoms with Crippen LogP contribution in [0.2, 0.25) is 0 Å². The molecule has 1 atom stereocenters. The zero-order chi connectivity index (χ0) is 20.9. The van der Waals surface area contributed by atoms with Gasteiger partial charge in [0.25, 0.3) is 0 Å². The van der Waals surface area contributed by atoms with Crippen molar-refractivity contribution in [3.63, 3.8) is 0 Å². The lowest BCUT2D eigenvalue weighted by Gasteiger charge is -2.69. The van der Waals surface area contributed by atoms with Crippen molar-refractivity contribution in [2.45, 2.75) is 31.7 Å². The summed E-state index contributed by atoms with van der Waals surface area (Å²) in [6.45, 7) is 0.421. The molecule has 2 aromatic rings. The summed E-state index contributed by atoms with van der Waals surface area (Å²) in [4.78, 5) is 21.1. The second-order valence-corrected chi connectivity index (χ2v) is 8.35. The van der Waals surface area contributed by atoms with Gasteiger partial charge in [-0.3, -0.25) is 4.79 Å². The Morgan fingerprint density at radius 3 is 2.57 bits per heavy atom. The molecule has 0 N–H and O–H groups in total. The Morgan fingerprint density at radius 1 is 1.20 bits per heavy atom. The van der Waals surface area contributed by atoms with Crippen molar-refractivity contribution < 1.29 is 18.3 Å². The molecule has 3 saturated carbocycles. The van der Waals surface area contributed by atoms with Gasteiger partial charge in [0.15, 0.2) is 5.69 Å². The van der Waals surface area contributed by atoms with Gasteiger partial charge in [-0.25, -0.2) is 23.8 Å². The van der Waals surface area contributed by atoms with Crippen molar-refractivity contribution >= 4 is 12.1 Å². The van der Waals surface area contributed by atoms with Gasteiger partial charge < -0.3 is 4.74 Å². The molecule has 0 spiro atoms. The average molecular weight is 409 g/mol. The predicted octanol–water partition coefficient (Wildman–Crippen LogP) is 3.13. The number of aromatic nitrogens is 2. The fraction of sp³-hybridized carbons (Fsp3) is 0.381. The van der Waals surface area contributed by atoms with Crippen LogP contribution in [0.5, 0.6) is 5.88 Å². The number of carbonyl (C=O) groups is 1. The first kappa shape index (κ1) is 18.6. The van der Waals surface area contributed by atoms with Crippen molar-refractivity contribution in [2.24, 2.45) is 15.9 Å². The van der Waals surface area contributed by atoms with Gasteiger partial charge in [0, 0.05) is 24.1 Å². The minimum Gasteiger partial charge on any atom is -0.476 e. The normalized spacial score (nSPS) is 28.4. The van der Waals surface area contributed by atoms with Crippen molar-refractivity contribution in [3.8, 4) is 11.9 Å². The van der Waals surface area contributed by atoms with Gasteiger partial charge in [-0.2, -0.15) is 10.4 Å². The van der Waals surface area contributed by atoms with Gasteiger partial charge >= 0.3 is 0 Å². The zero-order valence-electron chi connectivity index (χ0n) is 15.9. The summed E-state index contributed by atoms with van der Waals surface area (Å²) in [5, 5.41) is 14.3. The van der Waals surface area contributed by atoms with Crippen molar-refractivity contribution in [3.05, 3.63) is 53.5 Å². The largest absolute Gasteiger partial charge is 0.476 e. The van der Waals surface area contributed by atoms with Crippen molar-refractivity contribution in [1.29, 1.82) is 5.26 Å². The standard InChI is InChI=1S/C21H17F2N5O2/c22-14-3-13(4-15(23)5-14)17-1-2-27-28(17)19(29)21-9-20(10-21,11-21)12-30-18-8-25-16(6-24)7-26-18/h2-5,7-8,17H,1,9-12H2. The van der Waals surface area contributed by atoms with Crippen LogP contribution in [-0.2, 0) is 4.79 Å². The molecule has 152 valence electrons. The predicted molar refractivity (Wildman–Crippen MR) is 100 cm³/mol. The molecule has 6 rings (SSSR count). The zero-order valence-corrected chi connectivity index (χ0v) is 15.9. The van der Waals surface area contributed by atoms with Crippen LogP contribution in [0.3, 0.4) is 0 Å². The Hall–Kier alpha value is -3.41. The molecule has 1 aromatic heterocycles. The van der Waals surface area contributed by atoms with Crippen molar-refractivity contribution in [1.82, 2.24) is 15.0 Å².